The minimum absolute atomic E-state index is 0.0873. The van der Waals surface area contributed by atoms with E-state index in [1.165, 1.54) is 20.8 Å². The van der Waals surface area contributed by atoms with Crippen LogP contribution in [-0.2, 0) is 38.1 Å². The Bertz CT molecular complexity index is 987. The fourth-order valence-corrected chi connectivity index (χ4v) is 4.22. The summed E-state index contributed by atoms with van der Waals surface area (Å²) in [6, 6.07) is 15.7. The third-order valence-corrected chi connectivity index (χ3v) is 5.35. The summed E-state index contributed by atoms with van der Waals surface area (Å²) in [4.78, 5) is 35.2. The van der Waals surface area contributed by atoms with Gasteiger partial charge in [0.15, 0.2) is 24.6 Å². The molecule has 2 aromatic rings. The summed E-state index contributed by atoms with van der Waals surface area (Å²) in [5.41, 5.74) is 3.99. The van der Waals surface area contributed by atoms with Crippen molar-refractivity contribution >= 4 is 17.9 Å². The van der Waals surface area contributed by atoms with E-state index in [0.29, 0.717) is 0 Å². The highest BCUT2D eigenvalue weighted by Gasteiger charge is 2.49. The number of hydrogen-bond donors (Lipinski definition) is 0. The Kier molecular flexibility index (Phi) is 6.25. The average Bonchev–Trinajstić information content (AvgIpc) is 3.05. The number of hydrogen-bond acceptors (Lipinski definition) is 8. The van der Waals surface area contributed by atoms with E-state index >= 15 is 0 Å². The highest BCUT2D eigenvalue weighted by Crippen LogP contribution is 2.46. The second-order valence-corrected chi connectivity index (χ2v) is 7.69. The standard InChI is InChI=1S/C24H24O8/c1-13(25)29-20-12-28-24(23(31-15(3)27)22(20)30-14(2)26)32-21-18-10-6-4-8-16(18)17-9-5-7-11-19(17)21/h4-11,20-24H,12H2,1-3H3/t20-,22-,23+,24+/m1/s1. The van der Waals surface area contributed by atoms with Gasteiger partial charge in [0.25, 0.3) is 0 Å². The van der Waals surface area contributed by atoms with Gasteiger partial charge in [0, 0.05) is 20.8 Å². The molecular formula is C24H24O8. The van der Waals surface area contributed by atoms with Gasteiger partial charge in [0.1, 0.15) is 6.10 Å². The average molecular weight is 440 g/mol. The topological polar surface area (TPSA) is 97.4 Å². The van der Waals surface area contributed by atoms with Crippen LogP contribution in [0.3, 0.4) is 0 Å². The first-order valence-electron chi connectivity index (χ1n) is 10.3. The molecule has 1 fully saturated rings. The second-order valence-electron chi connectivity index (χ2n) is 7.69. The van der Waals surface area contributed by atoms with E-state index in [1.54, 1.807) is 0 Å². The first kappa shape index (κ1) is 22.0. The Hall–Kier alpha value is -3.23. The number of carbonyl (C=O) groups is 3. The van der Waals surface area contributed by atoms with Crippen LogP contribution in [0.25, 0.3) is 11.1 Å². The lowest BCUT2D eigenvalue weighted by Gasteiger charge is -2.41. The van der Waals surface area contributed by atoms with E-state index in [4.69, 9.17) is 23.7 Å². The third-order valence-electron chi connectivity index (χ3n) is 5.35. The predicted octanol–water partition coefficient (Wildman–Crippen LogP) is 2.92. The molecule has 0 bridgehead atoms. The number of esters is 3. The zero-order chi connectivity index (χ0) is 22.8. The van der Waals surface area contributed by atoms with E-state index in [2.05, 4.69) is 0 Å². The lowest BCUT2D eigenvalue weighted by Crippen LogP contribution is -2.58. The molecule has 1 saturated heterocycles. The van der Waals surface area contributed by atoms with Crippen LogP contribution < -0.4 is 0 Å². The molecule has 2 aliphatic rings. The molecule has 0 radical (unpaired) electrons. The normalized spacial score (nSPS) is 24.2. The molecule has 0 saturated carbocycles. The van der Waals surface area contributed by atoms with Crippen LogP contribution in [0.15, 0.2) is 48.5 Å². The van der Waals surface area contributed by atoms with Crippen molar-refractivity contribution in [2.75, 3.05) is 6.61 Å². The van der Waals surface area contributed by atoms with Crippen molar-refractivity contribution in [3.8, 4) is 11.1 Å². The van der Waals surface area contributed by atoms with E-state index in [0.717, 1.165) is 22.3 Å². The van der Waals surface area contributed by atoms with Gasteiger partial charge < -0.3 is 23.7 Å². The Labute approximate surface area is 185 Å². The molecule has 0 N–H and O–H groups in total. The predicted molar refractivity (Wildman–Crippen MR) is 111 cm³/mol. The SMILES string of the molecule is CC(=O)O[C@@H]1[C@H](OC2c3ccccc3-c3ccccc32)OC[C@@H](OC(C)=O)[C@H]1OC(C)=O. The summed E-state index contributed by atoms with van der Waals surface area (Å²) in [5, 5.41) is 0. The maximum absolute atomic E-state index is 11.9. The van der Waals surface area contributed by atoms with Gasteiger partial charge in [-0.25, -0.2) is 0 Å². The molecule has 1 heterocycles. The molecule has 0 unspecified atom stereocenters. The molecule has 0 aromatic heterocycles. The van der Waals surface area contributed by atoms with Gasteiger partial charge in [-0.05, 0) is 22.3 Å². The summed E-state index contributed by atoms with van der Waals surface area (Å²) >= 11 is 0. The van der Waals surface area contributed by atoms with E-state index in [-0.39, 0.29) is 6.61 Å². The highest BCUT2D eigenvalue weighted by molar-refractivity contribution is 5.78. The van der Waals surface area contributed by atoms with Crippen LogP contribution in [0.4, 0.5) is 0 Å². The van der Waals surface area contributed by atoms with E-state index in [1.807, 2.05) is 48.5 Å². The van der Waals surface area contributed by atoms with Gasteiger partial charge in [-0.15, -0.1) is 0 Å². The molecule has 8 nitrogen and oxygen atoms in total. The van der Waals surface area contributed by atoms with Crippen LogP contribution in [0.5, 0.6) is 0 Å². The molecule has 4 rings (SSSR count). The number of fused-ring (bicyclic) bond motifs is 3. The Balaban J connectivity index is 1.67. The Morgan fingerprint density at radius 2 is 1.25 bits per heavy atom. The Morgan fingerprint density at radius 1 is 0.750 bits per heavy atom. The van der Waals surface area contributed by atoms with Crippen LogP contribution in [0, 0.1) is 0 Å². The molecule has 4 atom stereocenters. The van der Waals surface area contributed by atoms with Crippen molar-refractivity contribution in [3.63, 3.8) is 0 Å². The van der Waals surface area contributed by atoms with E-state index in [9.17, 15) is 14.4 Å². The van der Waals surface area contributed by atoms with Crippen molar-refractivity contribution in [1.29, 1.82) is 0 Å². The molecule has 8 heteroatoms. The minimum atomic E-state index is -1.13. The number of carbonyl (C=O) groups excluding carboxylic acids is 3. The molecule has 0 spiro atoms. The minimum Gasteiger partial charge on any atom is -0.456 e. The third kappa shape index (κ3) is 4.37. The number of rotatable bonds is 5. The van der Waals surface area contributed by atoms with Crippen molar-refractivity contribution in [2.45, 2.75) is 51.5 Å². The zero-order valence-corrected chi connectivity index (χ0v) is 18.0. The first-order valence-corrected chi connectivity index (χ1v) is 10.3. The molecular weight excluding hydrogens is 416 g/mol. The van der Waals surface area contributed by atoms with E-state index < -0.39 is 48.6 Å². The molecule has 2 aromatic carbocycles. The van der Waals surface area contributed by atoms with Gasteiger partial charge in [0.2, 0.25) is 0 Å². The second kappa shape index (κ2) is 9.10. The lowest BCUT2D eigenvalue weighted by molar-refractivity contribution is -0.288. The summed E-state index contributed by atoms with van der Waals surface area (Å²) < 4.78 is 28.3. The van der Waals surface area contributed by atoms with Crippen molar-refractivity contribution in [1.82, 2.24) is 0 Å². The summed E-state index contributed by atoms with van der Waals surface area (Å²) in [6.45, 7) is 3.61. The van der Waals surface area contributed by atoms with Gasteiger partial charge in [-0.2, -0.15) is 0 Å². The lowest BCUT2D eigenvalue weighted by atomic mass is 10.0. The highest BCUT2D eigenvalue weighted by atomic mass is 16.7. The van der Waals surface area contributed by atoms with Gasteiger partial charge in [-0.1, -0.05) is 48.5 Å². The fourth-order valence-electron chi connectivity index (χ4n) is 4.22. The van der Waals surface area contributed by atoms with Crippen LogP contribution in [0.2, 0.25) is 0 Å². The molecule has 1 aliphatic heterocycles. The summed E-state index contributed by atoms with van der Waals surface area (Å²) in [5.74, 6) is -1.79. The molecule has 168 valence electrons. The van der Waals surface area contributed by atoms with Gasteiger partial charge in [0.05, 0.1) is 6.61 Å². The smallest absolute Gasteiger partial charge is 0.303 e. The summed E-state index contributed by atoms with van der Waals surface area (Å²) in [6.07, 6.45) is -4.68. The van der Waals surface area contributed by atoms with Crippen LogP contribution in [-0.4, -0.2) is 49.1 Å². The fraction of sp³-hybridized carbons (Fsp3) is 0.375. The number of benzene rings is 2. The van der Waals surface area contributed by atoms with Crippen molar-refractivity contribution < 1.29 is 38.1 Å². The largest absolute Gasteiger partial charge is 0.456 e. The summed E-state index contributed by atoms with van der Waals surface area (Å²) in [7, 11) is 0. The molecule has 0 amide bonds. The maximum Gasteiger partial charge on any atom is 0.303 e. The van der Waals surface area contributed by atoms with Gasteiger partial charge in [-0.3, -0.25) is 14.4 Å². The quantitative estimate of drug-likeness (QED) is 0.517. The number of ether oxygens (including phenoxy) is 5. The van der Waals surface area contributed by atoms with Crippen LogP contribution in [0.1, 0.15) is 38.0 Å². The van der Waals surface area contributed by atoms with Crippen molar-refractivity contribution in [3.05, 3.63) is 59.7 Å². The van der Waals surface area contributed by atoms with Crippen molar-refractivity contribution in [2.24, 2.45) is 0 Å². The maximum atomic E-state index is 11.9. The van der Waals surface area contributed by atoms with Gasteiger partial charge >= 0.3 is 17.9 Å². The Morgan fingerprint density at radius 3 is 1.78 bits per heavy atom. The molecule has 1 aliphatic carbocycles. The molecule has 32 heavy (non-hydrogen) atoms. The first-order chi connectivity index (χ1) is 15.3. The van der Waals surface area contributed by atoms with Crippen LogP contribution >= 0.6 is 0 Å². The monoisotopic (exact) mass is 440 g/mol. The zero-order valence-electron chi connectivity index (χ0n) is 18.0.